The molecule has 80 valence electrons. The number of fused-ring (bicyclic) bond motifs is 3. The second kappa shape index (κ2) is 4.06. The van der Waals surface area contributed by atoms with Crippen LogP contribution in [0.5, 0.6) is 0 Å². The Labute approximate surface area is 104 Å². The number of hydrogen-bond acceptors (Lipinski definition) is 0. The summed E-state index contributed by atoms with van der Waals surface area (Å²) in [6, 6.07) is 13.1. The monoisotopic (exact) mass is 272 g/mol. The van der Waals surface area contributed by atoms with Crippen LogP contribution in [0.2, 0.25) is 0 Å². The molecule has 1 aliphatic rings. The van der Waals surface area contributed by atoms with Crippen LogP contribution in [0.15, 0.2) is 42.5 Å². The Balaban J connectivity index is 2.23. The maximum atomic E-state index is 3.58. The van der Waals surface area contributed by atoms with E-state index in [1.807, 2.05) is 0 Å². The summed E-state index contributed by atoms with van der Waals surface area (Å²) < 4.78 is 0. The molecule has 1 heteroatoms. The number of benzene rings is 2. The topological polar surface area (TPSA) is 0 Å². The molecule has 0 N–H and O–H groups in total. The quantitative estimate of drug-likeness (QED) is 0.675. The Morgan fingerprint density at radius 2 is 2.00 bits per heavy atom. The molecule has 0 saturated carbocycles. The lowest BCUT2D eigenvalue weighted by Gasteiger charge is -2.19. The zero-order valence-electron chi connectivity index (χ0n) is 8.99. The van der Waals surface area contributed by atoms with Gasteiger partial charge < -0.3 is 0 Å². The molecule has 2 aromatic rings. The zero-order valence-corrected chi connectivity index (χ0v) is 10.6. The van der Waals surface area contributed by atoms with E-state index in [0.717, 1.165) is 11.8 Å². The van der Waals surface area contributed by atoms with Crippen molar-refractivity contribution in [3.8, 4) is 0 Å². The molecule has 0 fully saturated rings. The molecule has 0 radical (unpaired) electrons. The first-order valence-electron chi connectivity index (χ1n) is 5.63. The average molecular weight is 273 g/mol. The molecule has 2 aromatic carbocycles. The van der Waals surface area contributed by atoms with Gasteiger partial charge in [0.2, 0.25) is 0 Å². The number of hydrogen-bond donors (Lipinski definition) is 0. The van der Waals surface area contributed by atoms with Crippen molar-refractivity contribution < 1.29 is 0 Å². The highest BCUT2D eigenvalue weighted by molar-refractivity contribution is 9.09. The van der Waals surface area contributed by atoms with Gasteiger partial charge in [-0.05, 0) is 34.2 Å². The molecule has 1 unspecified atom stereocenters. The first-order chi connectivity index (χ1) is 7.88. The fraction of sp³-hybridized carbons (Fsp3) is 0.200. The van der Waals surface area contributed by atoms with Crippen LogP contribution in [0.1, 0.15) is 11.1 Å². The van der Waals surface area contributed by atoms with Crippen molar-refractivity contribution in [2.24, 2.45) is 5.92 Å². The Kier molecular flexibility index (Phi) is 2.56. The third-order valence-corrected chi connectivity index (χ3v) is 4.12. The lowest BCUT2D eigenvalue weighted by atomic mass is 9.87. The Hall–Kier alpha value is -1.08. The molecule has 1 atom stereocenters. The van der Waals surface area contributed by atoms with E-state index < -0.39 is 0 Å². The van der Waals surface area contributed by atoms with E-state index in [-0.39, 0.29) is 0 Å². The molecule has 0 spiro atoms. The van der Waals surface area contributed by atoms with Crippen molar-refractivity contribution in [2.75, 3.05) is 5.33 Å². The molecule has 1 aliphatic carbocycles. The minimum Gasteiger partial charge on any atom is -0.0922 e. The summed E-state index contributed by atoms with van der Waals surface area (Å²) in [6.07, 6.45) is 5.72. The molecule has 0 bridgehead atoms. The molecule has 16 heavy (non-hydrogen) atoms. The van der Waals surface area contributed by atoms with E-state index in [9.17, 15) is 0 Å². The van der Waals surface area contributed by atoms with Gasteiger partial charge in [-0.3, -0.25) is 0 Å². The summed E-state index contributed by atoms with van der Waals surface area (Å²) in [5, 5.41) is 3.81. The van der Waals surface area contributed by atoms with Gasteiger partial charge in [0.25, 0.3) is 0 Å². The average Bonchev–Trinajstić information content (AvgIpc) is 2.38. The minimum atomic E-state index is 0.637. The molecule has 0 heterocycles. The summed E-state index contributed by atoms with van der Waals surface area (Å²) >= 11 is 3.58. The fourth-order valence-corrected chi connectivity index (χ4v) is 2.86. The standard InChI is InChI=1S/C15H13Br/c16-10-11-5-6-13-8-7-12-3-1-2-4-14(12)15(13)9-11/h1-8,11H,9-10H2. The van der Waals surface area contributed by atoms with Gasteiger partial charge in [-0.2, -0.15) is 0 Å². The Bertz CT molecular complexity index is 554. The molecule has 0 nitrogen and oxygen atoms in total. The highest BCUT2D eigenvalue weighted by Gasteiger charge is 2.14. The highest BCUT2D eigenvalue weighted by atomic mass is 79.9. The first kappa shape index (κ1) is 10.1. The second-order valence-corrected chi connectivity index (χ2v) is 4.98. The fourth-order valence-electron chi connectivity index (χ4n) is 2.41. The van der Waals surface area contributed by atoms with Crippen molar-refractivity contribution in [2.45, 2.75) is 6.42 Å². The number of allylic oxidation sites excluding steroid dienone is 1. The summed E-state index contributed by atoms with van der Waals surface area (Å²) in [5.41, 5.74) is 2.89. The number of rotatable bonds is 1. The van der Waals surface area contributed by atoms with Crippen LogP contribution in [0, 0.1) is 5.92 Å². The van der Waals surface area contributed by atoms with Crippen LogP contribution in [0.4, 0.5) is 0 Å². The van der Waals surface area contributed by atoms with E-state index in [4.69, 9.17) is 0 Å². The van der Waals surface area contributed by atoms with Crippen LogP contribution in [-0.4, -0.2) is 5.33 Å². The van der Waals surface area contributed by atoms with Gasteiger partial charge in [0.05, 0.1) is 0 Å². The van der Waals surface area contributed by atoms with Gasteiger partial charge in [-0.15, -0.1) is 0 Å². The largest absolute Gasteiger partial charge is 0.0922 e. The van der Waals surface area contributed by atoms with Crippen LogP contribution >= 0.6 is 15.9 Å². The van der Waals surface area contributed by atoms with Crippen molar-refractivity contribution in [3.05, 3.63) is 53.6 Å². The van der Waals surface area contributed by atoms with E-state index in [1.54, 1.807) is 0 Å². The van der Waals surface area contributed by atoms with Crippen LogP contribution in [-0.2, 0) is 6.42 Å². The smallest absolute Gasteiger partial charge is 0.00976 e. The third-order valence-electron chi connectivity index (χ3n) is 3.29. The Morgan fingerprint density at radius 1 is 1.12 bits per heavy atom. The van der Waals surface area contributed by atoms with E-state index in [1.165, 1.54) is 21.9 Å². The molecule has 0 aliphatic heterocycles. The summed E-state index contributed by atoms with van der Waals surface area (Å²) in [6.45, 7) is 0. The number of alkyl halides is 1. The van der Waals surface area contributed by atoms with Crippen LogP contribution in [0.25, 0.3) is 16.8 Å². The van der Waals surface area contributed by atoms with Crippen LogP contribution < -0.4 is 0 Å². The van der Waals surface area contributed by atoms with Gasteiger partial charge >= 0.3 is 0 Å². The summed E-state index contributed by atoms with van der Waals surface area (Å²) in [5.74, 6) is 0.637. The second-order valence-electron chi connectivity index (χ2n) is 4.33. The highest BCUT2D eigenvalue weighted by Crippen LogP contribution is 2.30. The molecule has 0 amide bonds. The number of halogens is 1. The normalized spacial score (nSPS) is 18.7. The van der Waals surface area contributed by atoms with Gasteiger partial charge in [-0.25, -0.2) is 0 Å². The van der Waals surface area contributed by atoms with E-state index in [0.29, 0.717) is 5.92 Å². The predicted octanol–water partition coefficient (Wildman–Crippen LogP) is 4.42. The molecular weight excluding hydrogens is 260 g/mol. The van der Waals surface area contributed by atoms with Gasteiger partial charge in [0.1, 0.15) is 0 Å². The van der Waals surface area contributed by atoms with Crippen molar-refractivity contribution >= 4 is 32.8 Å². The zero-order chi connectivity index (χ0) is 11.0. The minimum absolute atomic E-state index is 0.637. The molecule has 3 rings (SSSR count). The Morgan fingerprint density at radius 3 is 2.88 bits per heavy atom. The summed E-state index contributed by atoms with van der Waals surface area (Å²) in [4.78, 5) is 0. The van der Waals surface area contributed by atoms with Crippen molar-refractivity contribution in [1.29, 1.82) is 0 Å². The summed E-state index contributed by atoms with van der Waals surface area (Å²) in [7, 11) is 0. The van der Waals surface area contributed by atoms with Gasteiger partial charge in [-0.1, -0.05) is 64.5 Å². The van der Waals surface area contributed by atoms with Gasteiger partial charge in [0, 0.05) is 5.33 Å². The maximum absolute atomic E-state index is 3.58. The third kappa shape index (κ3) is 1.60. The van der Waals surface area contributed by atoms with Crippen molar-refractivity contribution in [3.63, 3.8) is 0 Å². The lowest BCUT2D eigenvalue weighted by molar-refractivity contribution is 0.738. The predicted molar refractivity (Wildman–Crippen MR) is 74.0 cm³/mol. The first-order valence-corrected chi connectivity index (χ1v) is 6.75. The van der Waals surface area contributed by atoms with Gasteiger partial charge in [0.15, 0.2) is 0 Å². The van der Waals surface area contributed by atoms with Crippen molar-refractivity contribution in [1.82, 2.24) is 0 Å². The molecular formula is C15H13Br. The molecule has 0 saturated heterocycles. The maximum Gasteiger partial charge on any atom is 0.00976 e. The van der Waals surface area contributed by atoms with Crippen LogP contribution in [0.3, 0.4) is 0 Å². The lowest BCUT2D eigenvalue weighted by Crippen LogP contribution is -2.08. The SMILES string of the molecule is BrCC1C=Cc2ccc3ccccc3c2C1. The van der Waals surface area contributed by atoms with E-state index in [2.05, 4.69) is 64.5 Å². The molecule has 0 aromatic heterocycles. The van der Waals surface area contributed by atoms with E-state index >= 15 is 0 Å².